The summed E-state index contributed by atoms with van der Waals surface area (Å²) in [5, 5.41) is 11.2. The predicted molar refractivity (Wildman–Crippen MR) is 134 cm³/mol. The van der Waals surface area contributed by atoms with Crippen molar-refractivity contribution in [3.63, 3.8) is 0 Å². The number of piperidine rings is 1. The Kier molecular flexibility index (Phi) is 7.89. The Morgan fingerprint density at radius 1 is 1.11 bits per heavy atom. The molecule has 2 heterocycles. The largest absolute Gasteiger partial charge is 0.493 e. The fraction of sp³-hybridized carbons (Fsp3) is 0.320. The number of rotatable bonds is 8. The van der Waals surface area contributed by atoms with Crippen molar-refractivity contribution in [3.8, 4) is 11.5 Å². The zero-order chi connectivity index (χ0) is 25.7. The number of likely N-dealkylation sites (tertiary alicyclic amines) is 1. The molecule has 0 atom stereocenters. The molecule has 188 valence electrons. The Morgan fingerprint density at radius 2 is 1.83 bits per heavy atom. The molecule has 0 radical (unpaired) electrons. The third-order valence-electron chi connectivity index (χ3n) is 5.91. The maximum absolute atomic E-state index is 12.9. The summed E-state index contributed by atoms with van der Waals surface area (Å²) in [7, 11) is 1.40. The lowest BCUT2D eigenvalue weighted by Gasteiger charge is -2.27. The second kappa shape index (κ2) is 11.3. The smallest absolute Gasteiger partial charge is 0.294 e. The summed E-state index contributed by atoms with van der Waals surface area (Å²) in [5.41, 5.74) is 0.644. The van der Waals surface area contributed by atoms with E-state index in [2.05, 4.69) is 0 Å². The number of imide groups is 1. The third-order valence-corrected chi connectivity index (χ3v) is 6.82. The van der Waals surface area contributed by atoms with Crippen molar-refractivity contribution >= 4 is 40.6 Å². The predicted octanol–water partition coefficient (Wildman–Crippen LogP) is 4.23. The van der Waals surface area contributed by atoms with Crippen molar-refractivity contribution in [2.75, 3.05) is 26.7 Å². The molecular weight excluding hydrogens is 486 g/mol. The lowest BCUT2D eigenvalue weighted by atomic mass is 10.1. The Labute approximate surface area is 212 Å². The zero-order valence-corrected chi connectivity index (χ0v) is 20.5. The van der Waals surface area contributed by atoms with Gasteiger partial charge in [-0.2, -0.15) is 0 Å². The molecule has 36 heavy (non-hydrogen) atoms. The topological polar surface area (TPSA) is 119 Å². The van der Waals surface area contributed by atoms with Gasteiger partial charge >= 0.3 is 0 Å². The maximum atomic E-state index is 12.9. The number of ether oxygens (including phenoxy) is 2. The van der Waals surface area contributed by atoms with Crippen molar-refractivity contribution in [1.29, 1.82) is 0 Å². The molecule has 0 aromatic heterocycles. The summed E-state index contributed by atoms with van der Waals surface area (Å²) < 4.78 is 11.1. The van der Waals surface area contributed by atoms with Crippen molar-refractivity contribution in [2.45, 2.75) is 25.9 Å². The Morgan fingerprint density at radius 3 is 2.50 bits per heavy atom. The average Bonchev–Trinajstić information content (AvgIpc) is 3.15. The molecule has 11 heteroatoms. The molecule has 2 fully saturated rings. The molecule has 0 unspecified atom stereocenters. The first-order valence-corrected chi connectivity index (χ1v) is 12.3. The summed E-state index contributed by atoms with van der Waals surface area (Å²) in [6, 6.07) is 11.9. The van der Waals surface area contributed by atoms with Crippen LogP contribution < -0.4 is 9.47 Å². The van der Waals surface area contributed by atoms with Crippen LogP contribution >= 0.6 is 11.8 Å². The van der Waals surface area contributed by atoms with Gasteiger partial charge in [0.2, 0.25) is 5.91 Å². The molecule has 4 rings (SSSR count). The Balaban J connectivity index is 1.56. The minimum Gasteiger partial charge on any atom is -0.493 e. The standard InChI is InChI=1S/C25H25N3O7S/c1-34-20-12-18(19(28(32)33)14-21(20)35-16-17-8-4-2-5-9-17)13-22-24(30)27(25(31)36-22)15-23(29)26-10-6-3-7-11-26/h2,4-5,8-9,12-14H,3,6-7,10-11,15-16H2,1H3/b22-13+. The highest BCUT2D eigenvalue weighted by molar-refractivity contribution is 8.18. The Bertz CT molecular complexity index is 1210. The van der Waals surface area contributed by atoms with Gasteiger partial charge in [0.15, 0.2) is 11.5 Å². The molecule has 2 aliphatic heterocycles. The van der Waals surface area contributed by atoms with Crippen LogP contribution in [-0.2, 0) is 16.2 Å². The first kappa shape index (κ1) is 25.2. The number of carbonyl (C=O) groups is 3. The van der Waals surface area contributed by atoms with E-state index in [1.54, 1.807) is 4.90 Å². The molecule has 0 spiro atoms. The van der Waals surface area contributed by atoms with Crippen molar-refractivity contribution in [2.24, 2.45) is 0 Å². The molecule has 0 bridgehead atoms. The normalized spacial score (nSPS) is 17.0. The van der Waals surface area contributed by atoms with Gasteiger partial charge in [0.1, 0.15) is 13.2 Å². The van der Waals surface area contributed by atoms with Crippen LogP contribution in [0, 0.1) is 10.1 Å². The number of methoxy groups -OCH3 is 1. The summed E-state index contributed by atoms with van der Waals surface area (Å²) in [6.45, 7) is 1.04. The van der Waals surface area contributed by atoms with E-state index < -0.39 is 16.1 Å². The number of thioether (sulfide) groups is 1. The highest BCUT2D eigenvalue weighted by Crippen LogP contribution is 2.39. The summed E-state index contributed by atoms with van der Waals surface area (Å²) in [6.07, 6.45) is 4.11. The van der Waals surface area contributed by atoms with Crippen LogP contribution in [0.25, 0.3) is 6.08 Å². The van der Waals surface area contributed by atoms with Crippen LogP contribution in [0.3, 0.4) is 0 Å². The van der Waals surface area contributed by atoms with E-state index in [-0.39, 0.29) is 46.7 Å². The SMILES string of the molecule is COc1cc(/C=C2/SC(=O)N(CC(=O)N3CCCCC3)C2=O)c([N+](=O)[O-])cc1OCc1ccccc1. The lowest BCUT2D eigenvalue weighted by Crippen LogP contribution is -2.44. The van der Waals surface area contributed by atoms with E-state index in [1.165, 1.54) is 25.3 Å². The molecule has 10 nitrogen and oxygen atoms in total. The molecule has 2 saturated heterocycles. The summed E-state index contributed by atoms with van der Waals surface area (Å²) >= 11 is 0.644. The lowest BCUT2D eigenvalue weighted by molar-refractivity contribution is -0.385. The van der Waals surface area contributed by atoms with Gasteiger partial charge in [0.05, 0.1) is 28.6 Å². The average molecular weight is 512 g/mol. The van der Waals surface area contributed by atoms with Gasteiger partial charge in [0.25, 0.3) is 16.8 Å². The second-order valence-corrected chi connectivity index (χ2v) is 9.30. The van der Waals surface area contributed by atoms with Crippen LogP contribution in [-0.4, -0.2) is 58.5 Å². The zero-order valence-electron chi connectivity index (χ0n) is 19.7. The fourth-order valence-electron chi connectivity index (χ4n) is 4.00. The van der Waals surface area contributed by atoms with Gasteiger partial charge in [-0.25, -0.2) is 0 Å². The first-order chi connectivity index (χ1) is 17.4. The van der Waals surface area contributed by atoms with Gasteiger partial charge in [-0.3, -0.25) is 29.4 Å². The van der Waals surface area contributed by atoms with Gasteiger partial charge in [-0.05, 0) is 48.7 Å². The van der Waals surface area contributed by atoms with Crippen LogP contribution in [0.2, 0.25) is 0 Å². The molecule has 0 N–H and O–H groups in total. The summed E-state index contributed by atoms with van der Waals surface area (Å²) in [4.78, 5) is 51.7. The number of amides is 3. The molecule has 2 aromatic carbocycles. The fourth-order valence-corrected chi connectivity index (χ4v) is 4.83. The number of nitrogens with zero attached hydrogens (tertiary/aromatic N) is 3. The van der Waals surface area contributed by atoms with Crippen LogP contribution in [0.5, 0.6) is 11.5 Å². The first-order valence-electron chi connectivity index (χ1n) is 11.4. The molecule has 3 amide bonds. The van der Waals surface area contributed by atoms with Gasteiger partial charge in [-0.1, -0.05) is 30.3 Å². The number of carbonyl (C=O) groups excluding carboxylic acids is 3. The quantitative estimate of drug-likeness (QED) is 0.293. The van der Waals surface area contributed by atoms with Gasteiger partial charge in [0, 0.05) is 13.1 Å². The van der Waals surface area contributed by atoms with E-state index in [0.29, 0.717) is 24.9 Å². The molecular formula is C25H25N3O7S. The van der Waals surface area contributed by atoms with Crippen LogP contribution in [0.4, 0.5) is 10.5 Å². The molecule has 0 aliphatic carbocycles. The number of nitro groups is 1. The van der Waals surface area contributed by atoms with Gasteiger partial charge in [-0.15, -0.1) is 0 Å². The number of hydrogen-bond donors (Lipinski definition) is 0. The van der Waals surface area contributed by atoms with Crippen molar-refractivity contribution in [3.05, 3.63) is 68.6 Å². The summed E-state index contributed by atoms with van der Waals surface area (Å²) in [5.74, 6) is -0.536. The highest BCUT2D eigenvalue weighted by atomic mass is 32.2. The van der Waals surface area contributed by atoms with Gasteiger partial charge < -0.3 is 14.4 Å². The highest BCUT2D eigenvalue weighted by Gasteiger charge is 2.38. The van der Waals surface area contributed by atoms with E-state index in [0.717, 1.165) is 29.7 Å². The minimum atomic E-state index is -0.659. The number of hydrogen-bond acceptors (Lipinski definition) is 8. The minimum absolute atomic E-state index is 0.00505. The van der Waals surface area contributed by atoms with E-state index in [1.807, 2.05) is 30.3 Å². The van der Waals surface area contributed by atoms with Crippen molar-refractivity contribution < 1.29 is 28.8 Å². The Hall–Kier alpha value is -3.86. The molecule has 2 aliphatic rings. The maximum Gasteiger partial charge on any atom is 0.294 e. The van der Waals surface area contributed by atoms with E-state index >= 15 is 0 Å². The molecule has 0 saturated carbocycles. The number of nitro benzene ring substituents is 1. The third kappa shape index (κ3) is 5.68. The van der Waals surface area contributed by atoms with Crippen molar-refractivity contribution in [1.82, 2.24) is 9.80 Å². The second-order valence-electron chi connectivity index (χ2n) is 8.30. The monoisotopic (exact) mass is 511 g/mol. The van der Waals surface area contributed by atoms with Crippen LogP contribution in [0.15, 0.2) is 47.4 Å². The molecule has 2 aromatic rings. The number of benzene rings is 2. The van der Waals surface area contributed by atoms with Crippen LogP contribution in [0.1, 0.15) is 30.4 Å². The van der Waals surface area contributed by atoms with E-state index in [9.17, 15) is 24.5 Å². The van der Waals surface area contributed by atoms with E-state index in [4.69, 9.17) is 9.47 Å².